The van der Waals surface area contributed by atoms with E-state index in [9.17, 15) is 0 Å². The summed E-state index contributed by atoms with van der Waals surface area (Å²) in [6.45, 7) is 4.40. The van der Waals surface area contributed by atoms with Gasteiger partial charge < -0.3 is 0 Å². The molecule has 0 saturated heterocycles. The minimum Gasteiger partial charge on any atom is -0.144 e. The summed E-state index contributed by atoms with van der Waals surface area (Å²) < 4.78 is 0. The first-order valence-corrected chi connectivity index (χ1v) is 7.31. The second kappa shape index (κ2) is 4.91. The molecule has 15 heavy (non-hydrogen) atoms. The monoisotopic (exact) mass is 288 g/mol. The third kappa shape index (κ3) is 3.00. The molecule has 1 heterocycles. The van der Waals surface area contributed by atoms with Crippen molar-refractivity contribution in [1.82, 2.24) is 10.2 Å². The molecule has 0 radical (unpaired) electrons. The first-order valence-electron chi connectivity index (χ1n) is 5.58. The summed E-state index contributed by atoms with van der Waals surface area (Å²) in [7, 11) is 0. The number of halogens is 1. The van der Waals surface area contributed by atoms with Crippen LogP contribution in [0.15, 0.2) is 0 Å². The number of hydrogen-bond donors (Lipinski definition) is 0. The Bertz CT molecular complexity index is 326. The highest BCUT2D eigenvalue weighted by molar-refractivity contribution is 9.09. The molecule has 0 N–H and O–H groups in total. The van der Waals surface area contributed by atoms with E-state index in [1.807, 2.05) is 6.92 Å². The van der Waals surface area contributed by atoms with E-state index in [2.05, 4.69) is 33.1 Å². The van der Waals surface area contributed by atoms with Crippen LogP contribution in [0.5, 0.6) is 0 Å². The third-order valence-corrected chi connectivity index (χ3v) is 5.00. The molecule has 4 heteroatoms. The highest BCUT2D eigenvalue weighted by atomic mass is 79.9. The largest absolute Gasteiger partial charge is 0.144 e. The van der Waals surface area contributed by atoms with E-state index in [1.165, 1.54) is 24.3 Å². The molecule has 0 bridgehead atoms. The van der Waals surface area contributed by atoms with Crippen LogP contribution in [0.25, 0.3) is 0 Å². The molecule has 1 aliphatic carbocycles. The molecule has 84 valence electrons. The van der Waals surface area contributed by atoms with Gasteiger partial charge in [-0.15, -0.1) is 21.5 Å². The Morgan fingerprint density at radius 3 is 2.87 bits per heavy atom. The van der Waals surface area contributed by atoms with Gasteiger partial charge in [-0.25, -0.2) is 0 Å². The van der Waals surface area contributed by atoms with E-state index in [1.54, 1.807) is 11.3 Å². The predicted octanol–water partition coefficient (Wildman–Crippen LogP) is 3.59. The molecule has 1 saturated carbocycles. The standard InChI is InChI=1S/C11H17BrN2S/c1-7-3-4-10(12)5-9(7)6-11-14-13-8(2)15-11/h7,9-10H,3-6H2,1-2H3. The predicted molar refractivity (Wildman–Crippen MR) is 67.6 cm³/mol. The molecule has 0 amide bonds. The molecule has 1 aromatic rings. The van der Waals surface area contributed by atoms with Crippen molar-refractivity contribution in [2.24, 2.45) is 11.8 Å². The van der Waals surface area contributed by atoms with Crippen LogP contribution in [-0.4, -0.2) is 15.0 Å². The molecule has 0 spiro atoms. The van der Waals surface area contributed by atoms with E-state index in [0.29, 0.717) is 4.83 Å². The molecule has 0 aliphatic heterocycles. The van der Waals surface area contributed by atoms with E-state index >= 15 is 0 Å². The van der Waals surface area contributed by atoms with Gasteiger partial charge in [-0.05, 0) is 38.0 Å². The van der Waals surface area contributed by atoms with E-state index in [4.69, 9.17) is 0 Å². The fourth-order valence-corrected chi connectivity index (χ4v) is 3.83. The summed E-state index contributed by atoms with van der Waals surface area (Å²) in [5.41, 5.74) is 0. The summed E-state index contributed by atoms with van der Waals surface area (Å²) in [5, 5.41) is 10.6. The smallest absolute Gasteiger partial charge is 0.117 e. The lowest BCUT2D eigenvalue weighted by atomic mass is 9.79. The summed E-state index contributed by atoms with van der Waals surface area (Å²) in [6.07, 6.45) is 5.08. The topological polar surface area (TPSA) is 25.8 Å². The summed E-state index contributed by atoms with van der Waals surface area (Å²) in [4.78, 5) is 0.715. The van der Waals surface area contributed by atoms with Gasteiger partial charge in [0.1, 0.15) is 10.0 Å². The third-order valence-electron chi connectivity index (χ3n) is 3.30. The second-order valence-electron chi connectivity index (χ2n) is 4.57. The average Bonchev–Trinajstić information content (AvgIpc) is 2.58. The highest BCUT2D eigenvalue weighted by Crippen LogP contribution is 2.35. The van der Waals surface area contributed by atoms with Crippen molar-refractivity contribution in [1.29, 1.82) is 0 Å². The Morgan fingerprint density at radius 1 is 1.40 bits per heavy atom. The van der Waals surface area contributed by atoms with Crippen LogP contribution in [0.4, 0.5) is 0 Å². The summed E-state index contributed by atoms with van der Waals surface area (Å²) in [5.74, 6) is 1.62. The minimum absolute atomic E-state index is 0.715. The average molecular weight is 289 g/mol. The Morgan fingerprint density at radius 2 is 2.20 bits per heavy atom. The normalized spacial score (nSPS) is 31.8. The molecule has 1 aliphatic rings. The first kappa shape index (κ1) is 11.5. The van der Waals surface area contributed by atoms with Crippen molar-refractivity contribution in [2.75, 3.05) is 0 Å². The van der Waals surface area contributed by atoms with Crippen molar-refractivity contribution < 1.29 is 0 Å². The van der Waals surface area contributed by atoms with Crippen LogP contribution in [0.2, 0.25) is 0 Å². The zero-order valence-electron chi connectivity index (χ0n) is 9.24. The Balaban J connectivity index is 1.98. The van der Waals surface area contributed by atoms with Crippen molar-refractivity contribution in [3.05, 3.63) is 10.0 Å². The fraction of sp³-hybridized carbons (Fsp3) is 0.818. The Labute approximate surface area is 104 Å². The molecule has 0 aromatic carbocycles. The van der Waals surface area contributed by atoms with Crippen LogP contribution < -0.4 is 0 Å². The number of alkyl halides is 1. The van der Waals surface area contributed by atoms with E-state index in [0.717, 1.165) is 23.3 Å². The van der Waals surface area contributed by atoms with Crippen LogP contribution in [0.1, 0.15) is 36.2 Å². The van der Waals surface area contributed by atoms with Gasteiger partial charge in [0.2, 0.25) is 0 Å². The van der Waals surface area contributed by atoms with Crippen molar-refractivity contribution in [3.8, 4) is 0 Å². The number of hydrogen-bond acceptors (Lipinski definition) is 3. The zero-order chi connectivity index (χ0) is 10.8. The van der Waals surface area contributed by atoms with E-state index in [-0.39, 0.29) is 0 Å². The molecule has 3 unspecified atom stereocenters. The number of rotatable bonds is 2. The maximum absolute atomic E-state index is 4.22. The molecule has 3 atom stereocenters. The van der Waals surface area contributed by atoms with Crippen LogP contribution >= 0.6 is 27.3 Å². The Kier molecular flexibility index (Phi) is 3.78. The van der Waals surface area contributed by atoms with Crippen LogP contribution in [-0.2, 0) is 6.42 Å². The van der Waals surface area contributed by atoms with Crippen molar-refractivity contribution in [3.63, 3.8) is 0 Å². The molecular weight excluding hydrogens is 272 g/mol. The van der Waals surface area contributed by atoms with Gasteiger partial charge in [0.05, 0.1) is 0 Å². The SMILES string of the molecule is Cc1nnc(CC2CC(Br)CCC2C)s1. The van der Waals surface area contributed by atoms with Gasteiger partial charge in [-0.2, -0.15) is 0 Å². The van der Waals surface area contributed by atoms with Gasteiger partial charge in [-0.1, -0.05) is 22.9 Å². The van der Waals surface area contributed by atoms with Gasteiger partial charge in [-0.3, -0.25) is 0 Å². The maximum Gasteiger partial charge on any atom is 0.117 e. The molecule has 2 rings (SSSR count). The van der Waals surface area contributed by atoms with Gasteiger partial charge in [0.15, 0.2) is 0 Å². The number of nitrogens with zero attached hydrogens (tertiary/aromatic N) is 2. The Hall–Kier alpha value is 0.0400. The van der Waals surface area contributed by atoms with Gasteiger partial charge in [0.25, 0.3) is 0 Å². The van der Waals surface area contributed by atoms with Crippen molar-refractivity contribution >= 4 is 27.3 Å². The van der Waals surface area contributed by atoms with Crippen LogP contribution in [0.3, 0.4) is 0 Å². The van der Waals surface area contributed by atoms with Crippen molar-refractivity contribution in [2.45, 2.75) is 44.4 Å². The minimum atomic E-state index is 0.715. The number of aromatic nitrogens is 2. The second-order valence-corrected chi connectivity index (χ2v) is 7.13. The highest BCUT2D eigenvalue weighted by Gasteiger charge is 2.27. The quantitative estimate of drug-likeness (QED) is 0.778. The zero-order valence-corrected chi connectivity index (χ0v) is 11.6. The lowest BCUT2D eigenvalue weighted by Gasteiger charge is -2.31. The van der Waals surface area contributed by atoms with Gasteiger partial charge >= 0.3 is 0 Å². The molecule has 1 aromatic heterocycles. The maximum atomic E-state index is 4.22. The fourth-order valence-electron chi connectivity index (χ4n) is 2.29. The van der Waals surface area contributed by atoms with Crippen LogP contribution in [0, 0.1) is 18.8 Å². The molecule has 2 nitrogen and oxygen atoms in total. The van der Waals surface area contributed by atoms with E-state index < -0.39 is 0 Å². The molecular formula is C11H17BrN2S. The first-order chi connectivity index (χ1) is 7.15. The molecule has 1 fully saturated rings. The summed E-state index contributed by atoms with van der Waals surface area (Å²) in [6, 6.07) is 0. The van der Waals surface area contributed by atoms with Gasteiger partial charge in [0, 0.05) is 11.2 Å². The lowest BCUT2D eigenvalue weighted by Crippen LogP contribution is -2.24. The number of aryl methyl sites for hydroxylation is 1. The lowest BCUT2D eigenvalue weighted by molar-refractivity contribution is 0.262. The summed E-state index contributed by atoms with van der Waals surface area (Å²) >= 11 is 5.49.